The van der Waals surface area contributed by atoms with Gasteiger partial charge >= 0.3 is 10.4 Å². The molecule has 1 aromatic heterocycles. The zero-order valence-electron chi connectivity index (χ0n) is 12.9. The Morgan fingerprint density at radius 3 is 2.22 bits per heavy atom. The molecule has 2 aromatic rings. The highest BCUT2D eigenvalue weighted by Crippen LogP contribution is 2.15. The van der Waals surface area contributed by atoms with E-state index in [1.807, 2.05) is 35.0 Å². The molecule has 0 saturated heterocycles. The van der Waals surface area contributed by atoms with Crippen molar-refractivity contribution in [3.8, 4) is 5.69 Å². The fourth-order valence-electron chi connectivity index (χ4n) is 1.75. The summed E-state index contributed by atoms with van der Waals surface area (Å²) in [7, 11) is -4.67. The number of benzene rings is 1. The van der Waals surface area contributed by atoms with Gasteiger partial charge in [0.25, 0.3) is 0 Å². The van der Waals surface area contributed by atoms with Crippen molar-refractivity contribution in [3.05, 3.63) is 48.5 Å². The molecule has 0 amide bonds. The number of nitrogens with zero attached hydrogens (tertiary/aromatic N) is 2. The topological polar surface area (TPSA) is 125 Å². The molecule has 9 heteroatoms. The molecule has 4 N–H and O–H groups in total. The van der Waals surface area contributed by atoms with Crippen LogP contribution >= 0.6 is 0 Å². The SMILES string of the molecule is CC(C)NCC(O)c1ccc(-n2ccnc2)cc1.O=S(=O)(O)O. The zero-order valence-corrected chi connectivity index (χ0v) is 13.7. The third-order valence-corrected chi connectivity index (χ3v) is 2.80. The van der Waals surface area contributed by atoms with Gasteiger partial charge in [-0.1, -0.05) is 26.0 Å². The second-order valence-electron chi connectivity index (χ2n) is 5.09. The Labute approximate surface area is 135 Å². The van der Waals surface area contributed by atoms with E-state index in [0.29, 0.717) is 12.6 Å². The fraction of sp³-hybridized carbons (Fsp3) is 0.357. The number of hydrogen-bond acceptors (Lipinski definition) is 5. The number of nitrogens with one attached hydrogen (secondary N) is 1. The molecule has 2 rings (SSSR count). The molecule has 0 bridgehead atoms. The van der Waals surface area contributed by atoms with E-state index in [1.165, 1.54) is 0 Å². The maximum atomic E-state index is 10.0. The van der Waals surface area contributed by atoms with Crippen molar-refractivity contribution in [1.29, 1.82) is 0 Å². The van der Waals surface area contributed by atoms with Crippen molar-refractivity contribution in [1.82, 2.24) is 14.9 Å². The lowest BCUT2D eigenvalue weighted by atomic mass is 10.1. The largest absolute Gasteiger partial charge is 0.394 e. The van der Waals surface area contributed by atoms with Gasteiger partial charge in [-0.3, -0.25) is 9.11 Å². The summed E-state index contributed by atoms with van der Waals surface area (Å²) in [5.41, 5.74) is 1.97. The van der Waals surface area contributed by atoms with Gasteiger partial charge in [-0.2, -0.15) is 8.42 Å². The Morgan fingerprint density at radius 1 is 1.22 bits per heavy atom. The molecule has 1 heterocycles. The molecule has 128 valence electrons. The van der Waals surface area contributed by atoms with Crippen LogP contribution in [0.5, 0.6) is 0 Å². The quantitative estimate of drug-likeness (QED) is 0.602. The average Bonchev–Trinajstić information content (AvgIpc) is 2.97. The van der Waals surface area contributed by atoms with Crippen molar-refractivity contribution < 1.29 is 22.6 Å². The van der Waals surface area contributed by atoms with Gasteiger partial charge in [0.15, 0.2) is 0 Å². The van der Waals surface area contributed by atoms with Crippen LogP contribution < -0.4 is 5.32 Å². The van der Waals surface area contributed by atoms with Crippen LogP contribution in [0.25, 0.3) is 5.69 Å². The van der Waals surface area contributed by atoms with Gasteiger partial charge in [-0.15, -0.1) is 0 Å². The zero-order chi connectivity index (χ0) is 17.5. The predicted octanol–water partition coefficient (Wildman–Crippen LogP) is 1.25. The highest BCUT2D eigenvalue weighted by Gasteiger charge is 2.07. The third-order valence-electron chi connectivity index (χ3n) is 2.80. The van der Waals surface area contributed by atoms with E-state index in [-0.39, 0.29) is 0 Å². The Balaban J connectivity index is 0.000000463. The van der Waals surface area contributed by atoms with Gasteiger partial charge in [-0.05, 0) is 17.7 Å². The van der Waals surface area contributed by atoms with Crippen LogP contribution in [0.15, 0.2) is 43.0 Å². The van der Waals surface area contributed by atoms with Gasteiger partial charge in [-0.25, -0.2) is 4.98 Å². The molecule has 0 aliphatic heterocycles. The highest BCUT2D eigenvalue weighted by molar-refractivity contribution is 7.79. The summed E-state index contributed by atoms with van der Waals surface area (Å²) in [6.07, 6.45) is 4.93. The lowest BCUT2D eigenvalue weighted by molar-refractivity contribution is 0.171. The molecule has 0 radical (unpaired) electrons. The number of aliphatic hydroxyl groups is 1. The van der Waals surface area contributed by atoms with Crippen molar-refractivity contribution in [2.45, 2.75) is 26.0 Å². The maximum Gasteiger partial charge on any atom is 0.394 e. The first-order valence-corrected chi connectivity index (χ1v) is 8.26. The molecule has 1 unspecified atom stereocenters. The minimum atomic E-state index is -4.67. The number of imidazole rings is 1. The van der Waals surface area contributed by atoms with Gasteiger partial charge in [0, 0.05) is 30.7 Å². The third kappa shape index (κ3) is 8.43. The smallest absolute Gasteiger partial charge is 0.387 e. The first-order chi connectivity index (χ1) is 10.7. The van der Waals surface area contributed by atoms with Crippen LogP contribution in [0.2, 0.25) is 0 Å². The van der Waals surface area contributed by atoms with Crippen molar-refractivity contribution in [2.75, 3.05) is 6.54 Å². The summed E-state index contributed by atoms with van der Waals surface area (Å²) < 4.78 is 33.5. The second kappa shape index (κ2) is 8.75. The normalized spacial score (nSPS) is 12.6. The van der Waals surface area contributed by atoms with E-state index >= 15 is 0 Å². The van der Waals surface area contributed by atoms with Gasteiger partial charge in [0.2, 0.25) is 0 Å². The van der Waals surface area contributed by atoms with E-state index < -0.39 is 16.5 Å². The molecular weight excluding hydrogens is 322 g/mol. The Bertz CT molecular complexity index is 661. The van der Waals surface area contributed by atoms with Crippen molar-refractivity contribution in [2.24, 2.45) is 0 Å². The number of hydrogen-bond donors (Lipinski definition) is 4. The molecule has 0 saturated carbocycles. The summed E-state index contributed by atoms with van der Waals surface area (Å²) in [5.74, 6) is 0. The van der Waals surface area contributed by atoms with Crippen LogP contribution in [0.1, 0.15) is 25.5 Å². The van der Waals surface area contributed by atoms with Crippen LogP contribution in [0, 0.1) is 0 Å². The van der Waals surface area contributed by atoms with E-state index in [0.717, 1.165) is 11.3 Å². The molecule has 8 nitrogen and oxygen atoms in total. The summed E-state index contributed by atoms with van der Waals surface area (Å²) >= 11 is 0. The Hall–Kier alpha value is -1.78. The van der Waals surface area contributed by atoms with E-state index in [1.54, 1.807) is 12.5 Å². The molecule has 0 fully saturated rings. The summed E-state index contributed by atoms with van der Waals surface area (Å²) in [6, 6.07) is 8.24. The summed E-state index contributed by atoms with van der Waals surface area (Å²) in [4.78, 5) is 4.01. The summed E-state index contributed by atoms with van der Waals surface area (Å²) in [5, 5.41) is 13.2. The lowest BCUT2D eigenvalue weighted by Crippen LogP contribution is -2.27. The van der Waals surface area contributed by atoms with E-state index in [4.69, 9.17) is 17.5 Å². The summed E-state index contributed by atoms with van der Waals surface area (Å²) in [6.45, 7) is 4.70. The minimum Gasteiger partial charge on any atom is -0.387 e. The van der Waals surface area contributed by atoms with Gasteiger partial charge in [0.1, 0.15) is 0 Å². The van der Waals surface area contributed by atoms with Crippen LogP contribution in [-0.2, 0) is 10.4 Å². The molecule has 0 spiro atoms. The number of aromatic nitrogens is 2. The first-order valence-electron chi connectivity index (χ1n) is 6.86. The maximum absolute atomic E-state index is 10.0. The molecule has 0 aliphatic carbocycles. The van der Waals surface area contributed by atoms with Crippen LogP contribution in [-0.4, -0.2) is 44.8 Å². The minimum absolute atomic E-state index is 0.380. The van der Waals surface area contributed by atoms with Crippen LogP contribution in [0.3, 0.4) is 0 Å². The monoisotopic (exact) mass is 343 g/mol. The average molecular weight is 343 g/mol. The number of rotatable bonds is 5. The van der Waals surface area contributed by atoms with Crippen molar-refractivity contribution in [3.63, 3.8) is 0 Å². The molecule has 1 atom stereocenters. The van der Waals surface area contributed by atoms with Crippen LogP contribution in [0.4, 0.5) is 0 Å². The molecule has 23 heavy (non-hydrogen) atoms. The van der Waals surface area contributed by atoms with Gasteiger partial charge in [0.05, 0.1) is 12.4 Å². The predicted molar refractivity (Wildman–Crippen MR) is 85.8 cm³/mol. The molecule has 1 aromatic carbocycles. The number of aliphatic hydroxyl groups excluding tert-OH is 1. The fourth-order valence-corrected chi connectivity index (χ4v) is 1.75. The van der Waals surface area contributed by atoms with Crippen molar-refractivity contribution >= 4 is 10.4 Å². The lowest BCUT2D eigenvalue weighted by Gasteiger charge is -2.14. The standard InChI is InChI=1S/C14H19N3O.H2O4S/c1-11(2)16-9-14(18)12-3-5-13(6-4-12)17-8-7-15-10-17;1-5(2,3)4/h3-8,10-11,14,16,18H,9H2,1-2H3;(H2,1,2,3,4). The van der Waals surface area contributed by atoms with Gasteiger partial charge < -0.3 is 15.0 Å². The Morgan fingerprint density at radius 2 is 1.78 bits per heavy atom. The van der Waals surface area contributed by atoms with E-state index in [9.17, 15) is 5.11 Å². The van der Waals surface area contributed by atoms with E-state index in [2.05, 4.69) is 24.1 Å². The second-order valence-corrected chi connectivity index (χ2v) is 5.98. The molecule has 0 aliphatic rings. The molecular formula is C14H21N3O5S. The first kappa shape index (κ1) is 19.3. The highest BCUT2D eigenvalue weighted by atomic mass is 32.3. The Kier molecular flexibility index (Phi) is 7.33.